The second-order valence-corrected chi connectivity index (χ2v) is 7.23. The first-order chi connectivity index (χ1) is 12.3. The third-order valence-corrected chi connectivity index (χ3v) is 5.07. The largest absolute Gasteiger partial charge is 0.461 e. The fraction of sp³-hybridized carbons (Fsp3) is 0.636. The summed E-state index contributed by atoms with van der Waals surface area (Å²) in [5.74, 6) is 0.380. The summed E-state index contributed by atoms with van der Waals surface area (Å²) < 4.78 is 5.56. The topological polar surface area (TPSA) is 43.4 Å². The molecule has 0 aromatic heterocycles. The number of esters is 1. The summed E-state index contributed by atoms with van der Waals surface area (Å²) >= 11 is 0. The molecule has 0 heterocycles. The molecule has 1 aliphatic rings. The second kappa shape index (κ2) is 11.8. The molecule has 1 aromatic rings. The normalized spacial score (nSPS) is 21.3. The Bertz CT molecular complexity index is 509. The Balaban J connectivity index is 1.80. The van der Waals surface area contributed by atoms with Crippen molar-refractivity contribution in [2.24, 2.45) is 5.92 Å². The van der Waals surface area contributed by atoms with E-state index in [0.29, 0.717) is 18.8 Å². The summed E-state index contributed by atoms with van der Waals surface area (Å²) in [5.41, 5.74) is 1.04. The second-order valence-electron chi connectivity index (χ2n) is 7.23. The molecule has 0 N–H and O–H groups in total. The number of ketones is 1. The number of rotatable bonds is 3. The van der Waals surface area contributed by atoms with Crippen molar-refractivity contribution in [2.45, 2.75) is 83.7 Å². The van der Waals surface area contributed by atoms with Crippen LogP contribution < -0.4 is 0 Å². The van der Waals surface area contributed by atoms with Crippen LogP contribution in [-0.2, 0) is 20.9 Å². The van der Waals surface area contributed by atoms with Crippen LogP contribution in [-0.4, -0.2) is 11.8 Å². The van der Waals surface area contributed by atoms with E-state index in [1.54, 1.807) is 0 Å². The molecule has 1 saturated carbocycles. The van der Waals surface area contributed by atoms with Gasteiger partial charge in [0.2, 0.25) is 0 Å². The molecule has 2 rings (SSSR count). The Morgan fingerprint density at radius 2 is 1.40 bits per heavy atom. The van der Waals surface area contributed by atoms with E-state index in [4.69, 9.17) is 4.74 Å². The first kappa shape index (κ1) is 19.7. The summed E-state index contributed by atoms with van der Waals surface area (Å²) in [4.78, 5) is 24.3. The Hall–Kier alpha value is -1.64. The molecule has 1 atom stereocenters. The van der Waals surface area contributed by atoms with Crippen molar-refractivity contribution in [2.75, 3.05) is 0 Å². The van der Waals surface area contributed by atoms with Gasteiger partial charge in [0.15, 0.2) is 0 Å². The summed E-state index contributed by atoms with van der Waals surface area (Å²) in [6, 6.07) is 9.86. The van der Waals surface area contributed by atoms with Crippen molar-refractivity contribution in [3.8, 4) is 0 Å². The minimum absolute atomic E-state index is 0.0161. The molecule has 25 heavy (non-hydrogen) atoms. The molecule has 0 bridgehead atoms. The third-order valence-electron chi connectivity index (χ3n) is 5.07. The van der Waals surface area contributed by atoms with Gasteiger partial charge in [-0.25, -0.2) is 0 Å². The van der Waals surface area contributed by atoms with Gasteiger partial charge in [0.25, 0.3) is 0 Å². The number of Topliss-reactive ketones (excluding diaryl/α,β-unsaturated/α-hetero) is 1. The van der Waals surface area contributed by atoms with Gasteiger partial charge in [-0.05, 0) is 31.2 Å². The number of hydrogen-bond acceptors (Lipinski definition) is 3. The van der Waals surface area contributed by atoms with E-state index in [1.807, 2.05) is 30.3 Å². The van der Waals surface area contributed by atoms with Crippen molar-refractivity contribution in [1.29, 1.82) is 0 Å². The number of hydrogen-bond donors (Lipinski definition) is 0. The van der Waals surface area contributed by atoms with Crippen molar-refractivity contribution < 1.29 is 14.3 Å². The lowest BCUT2D eigenvalue weighted by atomic mass is 9.93. The summed E-state index contributed by atoms with van der Waals surface area (Å²) in [5, 5.41) is 0. The van der Waals surface area contributed by atoms with Crippen molar-refractivity contribution in [3.05, 3.63) is 35.9 Å². The Morgan fingerprint density at radius 1 is 0.840 bits per heavy atom. The van der Waals surface area contributed by atoms with Crippen LogP contribution in [0.4, 0.5) is 0 Å². The van der Waals surface area contributed by atoms with Gasteiger partial charge >= 0.3 is 5.97 Å². The molecule has 1 aliphatic carbocycles. The fourth-order valence-corrected chi connectivity index (χ4v) is 3.48. The quantitative estimate of drug-likeness (QED) is 0.669. The molecule has 0 unspecified atom stereocenters. The zero-order chi connectivity index (χ0) is 17.7. The van der Waals surface area contributed by atoms with Crippen LogP contribution >= 0.6 is 0 Å². The number of ether oxygens (including phenoxy) is 1. The average molecular weight is 344 g/mol. The molecule has 0 aliphatic heterocycles. The minimum Gasteiger partial charge on any atom is -0.461 e. The van der Waals surface area contributed by atoms with Gasteiger partial charge in [-0.3, -0.25) is 9.59 Å². The Labute approximate surface area is 152 Å². The van der Waals surface area contributed by atoms with Crippen LogP contribution in [0.25, 0.3) is 0 Å². The molecule has 3 nitrogen and oxygen atoms in total. The average Bonchev–Trinajstić information content (AvgIpc) is 2.63. The molecule has 138 valence electrons. The van der Waals surface area contributed by atoms with Crippen LogP contribution in [0.2, 0.25) is 0 Å². The molecule has 0 saturated heterocycles. The summed E-state index contributed by atoms with van der Waals surface area (Å²) in [6.07, 6.45) is 11.9. The van der Waals surface area contributed by atoms with Crippen LogP contribution in [0, 0.1) is 5.92 Å². The lowest BCUT2D eigenvalue weighted by molar-refractivity contribution is -0.150. The molecular formula is C22H32O3. The van der Waals surface area contributed by atoms with Crippen molar-refractivity contribution in [1.82, 2.24) is 0 Å². The molecule has 0 radical (unpaired) electrons. The predicted molar refractivity (Wildman–Crippen MR) is 100 cm³/mol. The third kappa shape index (κ3) is 8.33. The number of carbonyl (C=O) groups is 2. The van der Waals surface area contributed by atoms with Gasteiger partial charge in [0, 0.05) is 12.8 Å². The zero-order valence-corrected chi connectivity index (χ0v) is 15.4. The zero-order valence-electron chi connectivity index (χ0n) is 15.4. The molecular weight excluding hydrogens is 312 g/mol. The highest BCUT2D eigenvalue weighted by Gasteiger charge is 2.19. The maximum Gasteiger partial charge on any atom is 0.309 e. The van der Waals surface area contributed by atoms with Crippen molar-refractivity contribution in [3.63, 3.8) is 0 Å². The van der Waals surface area contributed by atoms with Crippen LogP contribution in [0.5, 0.6) is 0 Å². The van der Waals surface area contributed by atoms with Crippen LogP contribution in [0.1, 0.15) is 82.6 Å². The van der Waals surface area contributed by atoms with Gasteiger partial charge in [-0.1, -0.05) is 68.9 Å². The standard InChI is InChI=1S/C22H32O3/c23-21-16-10-3-1-2-8-14-20(15-9-5-11-17-21)22(24)25-18-19-12-6-4-7-13-19/h4,6-7,12-13,20H,1-3,5,8-11,14-18H2/t20-/m0/s1. The Morgan fingerprint density at radius 3 is 2.08 bits per heavy atom. The van der Waals surface area contributed by atoms with E-state index in [0.717, 1.165) is 69.8 Å². The molecule has 1 fully saturated rings. The minimum atomic E-state index is -0.0491. The van der Waals surface area contributed by atoms with E-state index in [-0.39, 0.29) is 11.9 Å². The first-order valence-electron chi connectivity index (χ1n) is 9.98. The summed E-state index contributed by atoms with van der Waals surface area (Å²) in [7, 11) is 0. The lowest BCUT2D eigenvalue weighted by Gasteiger charge is -2.16. The van der Waals surface area contributed by atoms with E-state index >= 15 is 0 Å². The monoisotopic (exact) mass is 344 g/mol. The smallest absolute Gasteiger partial charge is 0.309 e. The fourth-order valence-electron chi connectivity index (χ4n) is 3.48. The van der Waals surface area contributed by atoms with Gasteiger partial charge in [0.1, 0.15) is 12.4 Å². The maximum absolute atomic E-state index is 12.5. The highest BCUT2D eigenvalue weighted by molar-refractivity contribution is 5.78. The molecule has 0 amide bonds. The number of carbonyl (C=O) groups excluding carboxylic acids is 2. The predicted octanol–water partition coefficient (Wildman–Crippen LogP) is 5.61. The molecule has 1 aromatic carbocycles. The van der Waals surface area contributed by atoms with Crippen LogP contribution in [0.3, 0.4) is 0 Å². The Kier molecular flexibility index (Phi) is 9.32. The van der Waals surface area contributed by atoms with E-state index < -0.39 is 0 Å². The van der Waals surface area contributed by atoms with Gasteiger partial charge in [0.05, 0.1) is 5.92 Å². The SMILES string of the molecule is O=C1CCCCCCC[C@H](C(=O)OCc2ccccc2)CCCCC1. The molecule has 3 heteroatoms. The van der Waals surface area contributed by atoms with Crippen molar-refractivity contribution >= 4 is 11.8 Å². The van der Waals surface area contributed by atoms with E-state index in [2.05, 4.69) is 0 Å². The first-order valence-corrected chi connectivity index (χ1v) is 9.98. The van der Waals surface area contributed by atoms with Crippen LogP contribution in [0.15, 0.2) is 30.3 Å². The van der Waals surface area contributed by atoms with E-state index in [9.17, 15) is 9.59 Å². The maximum atomic E-state index is 12.5. The highest BCUT2D eigenvalue weighted by Crippen LogP contribution is 2.22. The highest BCUT2D eigenvalue weighted by atomic mass is 16.5. The molecule has 0 spiro atoms. The van der Waals surface area contributed by atoms with Gasteiger partial charge < -0.3 is 4.74 Å². The lowest BCUT2D eigenvalue weighted by Crippen LogP contribution is -2.18. The van der Waals surface area contributed by atoms with Gasteiger partial charge in [-0.15, -0.1) is 0 Å². The van der Waals surface area contributed by atoms with E-state index in [1.165, 1.54) is 6.42 Å². The summed E-state index contributed by atoms with van der Waals surface area (Å²) in [6.45, 7) is 0.366. The number of benzene rings is 1. The van der Waals surface area contributed by atoms with Gasteiger partial charge in [-0.2, -0.15) is 0 Å².